The van der Waals surface area contributed by atoms with E-state index in [1.54, 1.807) is 0 Å². The Labute approximate surface area is 216 Å². The number of alkyl halides is 2. The van der Waals surface area contributed by atoms with Crippen LogP contribution in [0.1, 0.15) is 43.4 Å². The highest BCUT2D eigenvalue weighted by atomic mass is 32.3. The van der Waals surface area contributed by atoms with Gasteiger partial charge < -0.3 is 19.7 Å². The number of aliphatic imine (C=N–C) groups is 1. The maximum atomic E-state index is 15.3. The lowest BCUT2D eigenvalue weighted by Gasteiger charge is -2.62. The summed E-state index contributed by atoms with van der Waals surface area (Å²) in [7, 11) is -1.92. The Balaban J connectivity index is 1.81. The zero-order chi connectivity index (χ0) is 28.1. The van der Waals surface area contributed by atoms with Crippen LogP contribution in [-0.4, -0.2) is 72.0 Å². The fourth-order valence-corrected chi connectivity index (χ4v) is 7.91. The predicted molar refractivity (Wildman–Crippen MR) is 132 cm³/mol. The molecule has 4 rings (SSSR count). The van der Waals surface area contributed by atoms with Crippen molar-refractivity contribution in [3.8, 4) is 5.88 Å². The van der Waals surface area contributed by atoms with Gasteiger partial charge in [-0.25, -0.2) is 32.9 Å². The molecule has 38 heavy (non-hydrogen) atoms. The molecule has 1 saturated heterocycles. The summed E-state index contributed by atoms with van der Waals surface area (Å²) in [5, 5.41) is 12.6. The van der Waals surface area contributed by atoms with E-state index in [1.165, 1.54) is 34.1 Å². The molecule has 2 amide bonds. The number of rotatable bonds is 4. The lowest BCUT2D eigenvalue weighted by molar-refractivity contribution is -0.0148. The van der Waals surface area contributed by atoms with E-state index in [0.717, 1.165) is 18.3 Å². The summed E-state index contributed by atoms with van der Waals surface area (Å²) in [4.78, 5) is 40.5. The van der Waals surface area contributed by atoms with Crippen molar-refractivity contribution in [1.29, 1.82) is 0 Å². The fraction of sp³-hybridized carbons (Fsp3) is 0.455. The van der Waals surface area contributed by atoms with Crippen LogP contribution in [-0.2, 0) is 5.54 Å². The summed E-state index contributed by atoms with van der Waals surface area (Å²) in [5.74, 6) is -5.21. The molecule has 1 unspecified atom stereocenters. The second-order valence-corrected chi connectivity index (χ2v) is 12.6. The molecule has 2 aromatic heterocycles. The van der Waals surface area contributed by atoms with E-state index in [0.29, 0.717) is 0 Å². The van der Waals surface area contributed by atoms with Crippen LogP contribution < -0.4 is 20.1 Å². The largest absolute Gasteiger partial charge is 0.480 e. The van der Waals surface area contributed by atoms with Gasteiger partial charge in [0.15, 0.2) is 0 Å². The first kappa shape index (κ1) is 27.5. The first-order chi connectivity index (χ1) is 17.6. The Hall–Kier alpha value is -3.50. The lowest BCUT2D eigenvalue weighted by atomic mass is 9.88. The number of ether oxygens (including phenoxy) is 1. The molecule has 0 bridgehead atoms. The Morgan fingerprint density at radius 3 is 2.50 bits per heavy atom. The number of anilines is 1. The van der Waals surface area contributed by atoms with Crippen LogP contribution in [0, 0.1) is 5.82 Å². The van der Waals surface area contributed by atoms with Gasteiger partial charge in [0.1, 0.15) is 34.4 Å². The molecule has 1 fully saturated rings. The van der Waals surface area contributed by atoms with Crippen molar-refractivity contribution in [3.05, 3.63) is 41.7 Å². The second-order valence-electron chi connectivity index (χ2n) is 9.47. The smallest absolute Gasteiger partial charge is 0.410 e. The SMILES string of the molecule is COc1cnc(C(=O)Nc2ccc(F)c([C@@]3(C)N=C(NC(=O)O)C(C)(C)S4(O)NCC(F)(F)C[C@H]34)n2)cn1. The van der Waals surface area contributed by atoms with Crippen LogP contribution in [0.5, 0.6) is 5.88 Å². The number of pyridine rings is 1. The van der Waals surface area contributed by atoms with Gasteiger partial charge in [-0.2, -0.15) is 0 Å². The van der Waals surface area contributed by atoms with Gasteiger partial charge in [-0.1, -0.05) is 10.5 Å². The number of nitrogens with zero attached hydrogens (tertiary/aromatic N) is 4. The quantitative estimate of drug-likeness (QED) is 0.379. The molecule has 2 aromatic rings. The van der Waals surface area contributed by atoms with Gasteiger partial charge in [0.2, 0.25) is 5.88 Å². The molecule has 4 heterocycles. The molecule has 0 aromatic carbocycles. The number of amidine groups is 1. The van der Waals surface area contributed by atoms with Gasteiger partial charge in [0.25, 0.3) is 11.8 Å². The molecular formula is C22H26F3N7O5S. The predicted octanol–water partition coefficient (Wildman–Crippen LogP) is 3.13. The summed E-state index contributed by atoms with van der Waals surface area (Å²) in [6, 6.07) is 2.11. The number of methoxy groups -OCH3 is 1. The topological polar surface area (TPSA) is 171 Å². The van der Waals surface area contributed by atoms with Crippen LogP contribution in [0.4, 0.5) is 23.8 Å². The number of amides is 2. The van der Waals surface area contributed by atoms with Crippen molar-refractivity contribution in [2.24, 2.45) is 4.99 Å². The number of halogens is 3. The van der Waals surface area contributed by atoms with E-state index in [2.05, 4.69) is 35.3 Å². The molecule has 0 radical (unpaired) electrons. The number of carbonyl (C=O) groups is 2. The minimum atomic E-state index is -3.30. The Bertz CT molecular complexity index is 1310. The monoisotopic (exact) mass is 557 g/mol. The van der Waals surface area contributed by atoms with Crippen molar-refractivity contribution < 1.29 is 37.2 Å². The summed E-state index contributed by atoms with van der Waals surface area (Å²) >= 11 is 0. The molecule has 0 aliphatic carbocycles. The molecule has 0 saturated carbocycles. The van der Waals surface area contributed by atoms with E-state index < -0.39 is 68.4 Å². The Morgan fingerprint density at radius 2 is 1.89 bits per heavy atom. The van der Waals surface area contributed by atoms with Gasteiger partial charge in [-0.05, 0) is 32.9 Å². The third kappa shape index (κ3) is 4.63. The highest BCUT2D eigenvalue weighted by Gasteiger charge is 2.64. The first-order valence-corrected chi connectivity index (χ1v) is 12.9. The van der Waals surface area contributed by atoms with Crippen molar-refractivity contribution in [1.82, 2.24) is 25.0 Å². The third-order valence-electron chi connectivity index (χ3n) is 6.63. The number of hydrogen-bond donors (Lipinski definition) is 5. The van der Waals surface area contributed by atoms with E-state index in [-0.39, 0.29) is 23.2 Å². The number of carbonyl (C=O) groups excluding carboxylic acids is 1. The van der Waals surface area contributed by atoms with Gasteiger partial charge in [-0.15, -0.1) is 0 Å². The van der Waals surface area contributed by atoms with Gasteiger partial charge >= 0.3 is 6.09 Å². The highest BCUT2D eigenvalue weighted by molar-refractivity contribution is 8.29. The highest BCUT2D eigenvalue weighted by Crippen LogP contribution is 2.68. The maximum absolute atomic E-state index is 15.3. The molecule has 206 valence electrons. The molecule has 0 spiro atoms. The number of fused-ring (bicyclic) bond motifs is 1. The van der Waals surface area contributed by atoms with Crippen LogP contribution >= 0.6 is 10.5 Å². The summed E-state index contributed by atoms with van der Waals surface area (Å²) in [5.41, 5.74) is -2.53. The molecule has 12 nitrogen and oxygen atoms in total. The van der Waals surface area contributed by atoms with Gasteiger partial charge in [0.05, 0.1) is 36.0 Å². The van der Waals surface area contributed by atoms with E-state index >= 15 is 4.39 Å². The number of hydrogen-bond acceptors (Lipinski definition) is 9. The lowest BCUT2D eigenvalue weighted by Crippen LogP contribution is -2.66. The van der Waals surface area contributed by atoms with E-state index in [1.807, 2.05) is 0 Å². The minimum absolute atomic E-state index is 0.106. The molecule has 16 heteroatoms. The van der Waals surface area contributed by atoms with E-state index in [4.69, 9.17) is 4.74 Å². The number of carboxylic acid groups (broad SMARTS) is 1. The van der Waals surface area contributed by atoms with Crippen molar-refractivity contribution in [2.45, 2.75) is 48.7 Å². The van der Waals surface area contributed by atoms with Crippen LogP contribution in [0.3, 0.4) is 0 Å². The minimum Gasteiger partial charge on any atom is -0.480 e. The van der Waals surface area contributed by atoms with Gasteiger partial charge in [0, 0.05) is 6.42 Å². The number of nitrogens with one attached hydrogen (secondary N) is 3. The molecule has 2 aliphatic rings. The normalized spacial score (nSPS) is 29.2. The zero-order valence-electron chi connectivity index (χ0n) is 20.8. The summed E-state index contributed by atoms with van der Waals surface area (Å²) in [6.45, 7) is 3.38. The van der Waals surface area contributed by atoms with Gasteiger partial charge in [-0.3, -0.25) is 19.8 Å². The number of aromatic nitrogens is 3. The first-order valence-electron chi connectivity index (χ1n) is 11.2. The standard InChI is InChI=1S/C22H26F3N7O5S/c1-20(2)18(31-19(34)35)32-21(3,13-7-22(24,25)10-28-38(13,20)36)16-11(23)5-6-14(29-16)30-17(33)12-8-27-15(37-4)9-26-12/h5-6,8-9,13,28,36H,7,10H2,1-4H3,(H,31,32)(H,34,35)(H,29,30,33)/t13-,21+/m1/s1. The second kappa shape index (κ2) is 9.36. The average Bonchev–Trinajstić information content (AvgIpc) is 2.85. The molecule has 3 atom stereocenters. The van der Waals surface area contributed by atoms with Crippen LogP contribution in [0.2, 0.25) is 0 Å². The van der Waals surface area contributed by atoms with E-state index in [9.17, 15) is 28.0 Å². The molecule has 5 N–H and O–H groups in total. The van der Waals surface area contributed by atoms with Crippen molar-refractivity contribution >= 4 is 34.1 Å². The van der Waals surface area contributed by atoms with Crippen LogP contribution in [0.25, 0.3) is 0 Å². The average molecular weight is 558 g/mol. The molecule has 2 aliphatic heterocycles. The fourth-order valence-electron chi connectivity index (χ4n) is 4.50. The van der Waals surface area contributed by atoms with Crippen molar-refractivity contribution in [2.75, 3.05) is 19.0 Å². The summed E-state index contributed by atoms with van der Waals surface area (Å²) in [6.07, 6.45) is -0.00286. The third-order valence-corrected chi connectivity index (χ3v) is 10.4. The Morgan fingerprint density at radius 1 is 1.18 bits per heavy atom. The zero-order valence-corrected chi connectivity index (χ0v) is 21.6. The maximum Gasteiger partial charge on any atom is 0.410 e. The van der Waals surface area contributed by atoms with Crippen LogP contribution in [0.15, 0.2) is 29.5 Å². The van der Waals surface area contributed by atoms with Crippen molar-refractivity contribution in [3.63, 3.8) is 0 Å². The summed E-state index contributed by atoms with van der Waals surface area (Å²) < 4.78 is 62.4. The Kier molecular flexibility index (Phi) is 6.78. The molecular weight excluding hydrogens is 531 g/mol.